The number of fused-ring (bicyclic) bond motifs is 2. The smallest absolute Gasteiger partial charge is 0.311 e. The molecule has 0 saturated carbocycles. The van der Waals surface area contributed by atoms with Crippen molar-refractivity contribution in [3.05, 3.63) is 30.7 Å². The molecule has 1 N–H and O–H groups in total. The van der Waals surface area contributed by atoms with Gasteiger partial charge in [-0.3, -0.25) is 9.78 Å². The van der Waals surface area contributed by atoms with Crippen molar-refractivity contribution in [3.8, 4) is 11.3 Å². The summed E-state index contributed by atoms with van der Waals surface area (Å²) in [7, 11) is 0. The van der Waals surface area contributed by atoms with Crippen molar-refractivity contribution in [2.24, 2.45) is 11.3 Å². The molecule has 3 aromatic heterocycles. The Balaban J connectivity index is 1.45. The van der Waals surface area contributed by atoms with Gasteiger partial charge >= 0.3 is 5.97 Å². The van der Waals surface area contributed by atoms with Crippen LogP contribution in [-0.4, -0.2) is 57.0 Å². The number of aromatic nitrogens is 4. The molecule has 0 amide bonds. The van der Waals surface area contributed by atoms with Gasteiger partial charge in [0.05, 0.1) is 23.9 Å². The van der Waals surface area contributed by atoms with Gasteiger partial charge in [0, 0.05) is 43.6 Å². The molecule has 2 saturated heterocycles. The highest BCUT2D eigenvalue weighted by Crippen LogP contribution is 2.44. The summed E-state index contributed by atoms with van der Waals surface area (Å²) in [6, 6.07) is 3.84. The van der Waals surface area contributed by atoms with Crippen LogP contribution in [0.15, 0.2) is 30.7 Å². The van der Waals surface area contributed by atoms with Crippen LogP contribution in [0.4, 0.5) is 5.13 Å². The largest absolute Gasteiger partial charge is 0.481 e. The van der Waals surface area contributed by atoms with E-state index in [0.717, 1.165) is 21.3 Å². The van der Waals surface area contributed by atoms with E-state index in [1.54, 1.807) is 16.9 Å². The summed E-state index contributed by atoms with van der Waals surface area (Å²) in [5.41, 5.74) is 1.04. The third-order valence-corrected chi connectivity index (χ3v) is 6.38. The molecule has 2 aliphatic rings. The summed E-state index contributed by atoms with van der Waals surface area (Å²) < 4.78 is 7.28. The highest BCUT2D eigenvalue weighted by Gasteiger charge is 2.54. The van der Waals surface area contributed by atoms with E-state index in [1.165, 1.54) is 11.3 Å². The molecule has 5 rings (SSSR count). The lowest BCUT2D eigenvalue weighted by Crippen LogP contribution is -2.44. The van der Waals surface area contributed by atoms with Crippen LogP contribution in [0.1, 0.15) is 6.42 Å². The van der Waals surface area contributed by atoms with Crippen molar-refractivity contribution in [1.29, 1.82) is 0 Å². The Morgan fingerprint density at radius 1 is 1.46 bits per heavy atom. The number of ether oxygens (including phenoxy) is 1. The molecule has 2 aliphatic heterocycles. The Kier molecular flexibility index (Phi) is 3.47. The molecule has 0 aliphatic carbocycles. The zero-order valence-electron chi connectivity index (χ0n) is 13.9. The van der Waals surface area contributed by atoms with Gasteiger partial charge < -0.3 is 14.7 Å². The SMILES string of the molecule is O=C(O)[C@@]12CCOC[C@@H]1CN(c1nn3cc(-c4cccnc4)nc3s1)C2. The molecule has 0 unspecified atom stereocenters. The highest BCUT2D eigenvalue weighted by atomic mass is 32.1. The monoisotopic (exact) mass is 371 g/mol. The summed E-state index contributed by atoms with van der Waals surface area (Å²) in [6.45, 7) is 2.13. The molecule has 5 heterocycles. The van der Waals surface area contributed by atoms with Gasteiger partial charge in [0.25, 0.3) is 0 Å². The molecule has 0 bridgehead atoms. The van der Waals surface area contributed by atoms with Crippen molar-refractivity contribution in [3.63, 3.8) is 0 Å². The maximum Gasteiger partial charge on any atom is 0.311 e. The fourth-order valence-corrected chi connectivity index (χ4v) is 4.81. The number of imidazole rings is 1. The van der Waals surface area contributed by atoms with Gasteiger partial charge in [0.2, 0.25) is 10.1 Å². The lowest BCUT2D eigenvalue weighted by molar-refractivity contribution is -0.157. The second-order valence-corrected chi connectivity index (χ2v) is 7.78. The van der Waals surface area contributed by atoms with Crippen LogP contribution < -0.4 is 4.90 Å². The fraction of sp³-hybridized carbons (Fsp3) is 0.412. The third kappa shape index (κ3) is 2.31. The van der Waals surface area contributed by atoms with Gasteiger partial charge in [-0.2, -0.15) is 0 Å². The molecule has 0 aromatic carbocycles. The van der Waals surface area contributed by atoms with E-state index >= 15 is 0 Å². The molecule has 8 nitrogen and oxygen atoms in total. The molecule has 0 spiro atoms. The maximum atomic E-state index is 11.9. The van der Waals surface area contributed by atoms with Crippen molar-refractivity contribution >= 4 is 27.4 Å². The van der Waals surface area contributed by atoms with E-state index in [4.69, 9.17) is 4.74 Å². The molecular weight excluding hydrogens is 354 g/mol. The van der Waals surface area contributed by atoms with Crippen molar-refractivity contribution in [2.75, 3.05) is 31.2 Å². The second kappa shape index (κ2) is 5.75. The minimum atomic E-state index is -0.729. The fourth-order valence-electron chi connectivity index (χ4n) is 3.92. The number of nitrogens with zero attached hydrogens (tertiary/aromatic N) is 5. The molecule has 134 valence electrons. The lowest BCUT2D eigenvalue weighted by Gasteiger charge is -2.33. The highest BCUT2D eigenvalue weighted by molar-refractivity contribution is 7.20. The number of hydrogen-bond donors (Lipinski definition) is 1. The van der Waals surface area contributed by atoms with Crippen LogP contribution in [-0.2, 0) is 9.53 Å². The summed E-state index contributed by atoms with van der Waals surface area (Å²) in [5, 5.41) is 15.2. The number of carbonyl (C=O) groups is 1. The number of rotatable bonds is 3. The van der Waals surface area contributed by atoms with Crippen LogP contribution in [0.5, 0.6) is 0 Å². The standard InChI is InChI=1S/C17H17N5O3S/c23-14(24)17-3-5-25-9-12(17)7-21(10-17)16-20-22-8-13(19-15(22)26-16)11-2-1-4-18-6-11/h1-2,4,6,8,12H,3,5,7,9-10H2,(H,23,24)/t12-,17+/m0/s1. The van der Waals surface area contributed by atoms with Crippen LogP contribution in [0.25, 0.3) is 16.2 Å². The van der Waals surface area contributed by atoms with Gasteiger partial charge in [-0.05, 0) is 18.6 Å². The Bertz CT molecular complexity index is 940. The lowest BCUT2D eigenvalue weighted by atomic mass is 9.74. The van der Waals surface area contributed by atoms with E-state index in [-0.39, 0.29) is 5.92 Å². The molecule has 0 radical (unpaired) electrons. The van der Waals surface area contributed by atoms with E-state index in [2.05, 4.69) is 20.0 Å². The predicted octanol–water partition coefficient (Wildman–Crippen LogP) is 1.78. The van der Waals surface area contributed by atoms with E-state index in [1.807, 2.05) is 18.3 Å². The van der Waals surface area contributed by atoms with Gasteiger partial charge in [0.1, 0.15) is 0 Å². The van der Waals surface area contributed by atoms with Crippen LogP contribution in [0.2, 0.25) is 0 Å². The molecule has 2 atom stereocenters. The Morgan fingerprint density at radius 3 is 3.12 bits per heavy atom. The first-order valence-corrected chi connectivity index (χ1v) is 9.30. The molecule has 2 fully saturated rings. The molecule has 9 heteroatoms. The number of aliphatic carboxylic acids is 1. The average Bonchev–Trinajstić information content (AvgIpc) is 3.33. The quantitative estimate of drug-likeness (QED) is 0.750. The van der Waals surface area contributed by atoms with E-state index < -0.39 is 11.4 Å². The minimum Gasteiger partial charge on any atom is -0.481 e. The summed E-state index contributed by atoms with van der Waals surface area (Å²) in [6.07, 6.45) is 5.94. The topological polar surface area (TPSA) is 92.9 Å². The molecular formula is C17H17N5O3S. The van der Waals surface area contributed by atoms with E-state index in [0.29, 0.717) is 32.7 Å². The number of pyridine rings is 1. The zero-order valence-corrected chi connectivity index (χ0v) is 14.7. The summed E-state index contributed by atoms with van der Waals surface area (Å²) in [5.74, 6) is -0.732. The first kappa shape index (κ1) is 15.7. The van der Waals surface area contributed by atoms with Gasteiger partial charge in [0.15, 0.2) is 0 Å². The van der Waals surface area contributed by atoms with Gasteiger partial charge in [-0.1, -0.05) is 11.3 Å². The summed E-state index contributed by atoms with van der Waals surface area (Å²) >= 11 is 1.48. The van der Waals surface area contributed by atoms with Crippen LogP contribution in [0.3, 0.4) is 0 Å². The number of carboxylic acids is 1. The first-order chi connectivity index (χ1) is 12.7. The van der Waals surface area contributed by atoms with E-state index in [9.17, 15) is 9.90 Å². The molecule has 3 aromatic rings. The Hall–Kier alpha value is -2.52. The number of carboxylic acid groups (broad SMARTS) is 1. The predicted molar refractivity (Wildman–Crippen MR) is 95.3 cm³/mol. The zero-order chi connectivity index (χ0) is 17.7. The third-order valence-electron chi connectivity index (χ3n) is 5.39. The van der Waals surface area contributed by atoms with Crippen molar-refractivity contribution < 1.29 is 14.6 Å². The Morgan fingerprint density at radius 2 is 2.38 bits per heavy atom. The Labute approximate surface area is 153 Å². The number of hydrogen-bond acceptors (Lipinski definition) is 7. The van der Waals surface area contributed by atoms with Crippen molar-refractivity contribution in [2.45, 2.75) is 6.42 Å². The average molecular weight is 371 g/mol. The van der Waals surface area contributed by atoms with Crippen molar-refractivity contribution in [1.82, 2.24) is 19.6 Å². The first-order valence-electron chi connectivity index (χ1n) is 8.48. The normalized spacial score (nSPS) is 25.5. The van der Waals surface area contributed by atoms with Gasteiger partial charge in [-0.15, -0.1) is 5.10 Å². The minimum absolute atomic E-state index is 0.00377. The maximum absolute atomic E-state index is 11.9. The van der Waals surface area contributed by atoms with Crippen LogP contribution in [0, 0.1) is 11.3 Å². The summed E-state index contributed by atoms with van der Waals surface area (Å²) in [4.78, 5) is 23.5. The van der Waals surface area contributed by atoms with Gasteiger partial charge in [-0.25, -0.2) is 9.50 Å². The second-order valence-electron chi connectivity index (χ2n) is 6.84. The molecule has 26 heavy (non-hydrogen) atoms. The number of anilines is 1. The van der Waals surface area contributed by atoms with Crippen LogP contribution >= 0.6 is 11.3 Å².